The molecule has 1 atom stereocenters. The van der Waals surface area contributed by atoms with Gasteiger partial charge in [0.2, 0.25) is 0 Å². The van der Waals surface area contributed by atoms with Gasteiger partial charge in [-0.3, -0.25) is 9.88 Å². The molecule has 0 bridgehead atoms. The van der Waals surface area contributed by atoms with Crippen LogP contribution >= 0.6 is 11.8 Å². The summed E-state index contributed by atoms with van der Waals surface area (Å²) in [5, 5.41) is 0. The fraction of sp³-hybridized carbons (Fsp3) is 0.636. The summed E-state index contributed by atoms with van der Waals surface area (Å²) >= 11 is 1.88. The third-order valence-corrected chi connectivity index (χ3v) is 3.27. The van der Waals surface area contributed by atoms with Crippen LogP contribution in [0.1, 0.15) is 19.0 Å². The Labute approximate surface area is 102 Å². The molecule has 0 amide bonds. The lowest BCUT2D eigenvalue weighted by Crippen LogP contribution is -2.29. The third-order valence-electron chi connectivity index (χ3n) is 2.63. The molecule has 0 saturated carbocycles. The van der Waals surface area contributed by atoms with Gasteiger partial charge >= 0.3 is 0 Å². The summed E-state index contributed by atoms with van der Waals surface area (Å²) in [6.07, 6.45) is 6.68. The molecule has 0 aliphatic carbocycles. The molecule has 4 nitrogen and oxygen atoms in total. The average molecular weight is 240 g/mol. The first-order chi connectivity index (χ1) is 7.63. The highest BCUT2D eigenvalue weighted by Crippen LogP contribution is 2.09. The van der Waals surface area contributed by atoms with E-state index in [1.807, 2.05) is 11.8 Å². The summed E-state index contributed by atoms with van der Waals surface area (Å²) in [6, 6.07) is 0.562. The van der Waals surface area contributed by atoms with Crippen molar-refractivity contribution in [1.29, 1.82) is 0 Å². The molecule has 16 heavy (non-hydrogen) atoms. The van der Waals surface area contributed by atoms with Crippen LogP contribution in [0.25, 0.3) is 0 Å². The largest absolute Gasteiger partial charge is 0.382 e. The van der Waals surface area contributed by atoms with Gasteiger partial charge in [-0.1, -0.05) is 0 Å². The van der Waals surface area contributed by atoms with Crippen LogP contribution in [-0.4, -0.2) is 40.0 Å². The van der Waals surface area contributed by atoms with E-state index in [1.165, 1.54) is 12.2 Å². The van der Waals surface area contributed by atoms with Crippen molar-refractivity contribution in [3.8, 4) is 0 Å². The van der Waals surface area contributed by atoms with Crippen molar-refractivity contribution in [2.75, 3.05) is 24.8 Å². The first-order valence-electron chi connectivity index (χ1n) is 5.39. The zero-order valence-corrected chi connectivity index (χ0v) is 11.0. The molecule has 1 aromatic heterocycles. The summed E-state index contributed by atoms with van der Waals surface area (Å²) in [7, 11) is 2.11. The van der Waals surface area contributed by atoms with Gasteiger partial charge in [-0.2, -0.15) is 11.8 Å². The molecule has 0 spiro atoms. The van der Waals surface area contributed by atoms with Crippen molar-refractivity contribution in [1.82, 2.24) is 14.9 Å². The van der Waals surface area contributed by atoms with Crippen molar-refractivity contribution in [3.05, 3.63) is 18.1 Å². The molecular weight excluding hydrogens is 220 g/mol. The number of anilines is 1. The maximum absolute atomic E-state index is 5.49. The smallest absolute Gasteiger partial charge is 0.141 e. The van der Waals surface area contributed by atoms with Crippen LogP contribution in [0, 0.1) is 0 Å². The van der Waals surface area contributed by atoms with E-state index in [-0.39, 0.29) is 0 Å². The second kappa shape index (κ2) is 6.70. The van der Waals surface area contributed by atoms with Gasteiger partial charge in [-0.25, -0.2) is 4.98 Å². The van der Waals surface area contributed by atoms with Crippen LogP contribution in [-0.2, 0) is 6.54 Å². The van der Waals surface area contributed by atoms with Crippen LogP contribution in [0.15, 0.2) is 12.4 Å². The summed E-state index contributed by atoms with van der Waals surface area (Å²) in [4.78, 5) is 10.6. The standard InChI is InChI=1S/C11H20N4S/c1-9(4-5-16-3)15(2)8-10-6-14-11(12)7-13-10/h6-7,9H,4-5,8H2,1-3H3,(H2,12,14). The minimum atomic E-state index is 0.474. The number of nitrogens with zero attached hydrogens (tertiary/aromatic N) is 3. The number of thioether (sulfide) groups is 1. The molecule has 0 aromatic carbocycles. The second-order valence-electron chi connectivity index (χ2n) is 3.98. The topological polar surface area (TPSA) is 55.0 Å². The Kier molecular flexibility index (Phi) is 5.55. The van der Waals surface area contributed by atoms with Crippen LogP contribution in [0.3, 0.4) is 0 Å². The molecule has 5 heteroatoms. The van der Waals surface area contributed by atoms with Crippen molar-refractivity contribution in [2.24, 2.45) is 0 Å². The lowest BCUT2D eigenvalue weighted by Gasteiger charge is -2.23. The van der Waals surface area contributed by atoms with E-state index in [4.69, 9.17) is 5.73 Å². The monoisotopic (exact) mass is 240 g/mol. The first-order valence-corrected chi connectivity index (χ1v) is 6.78. The number of hydrogen-bond donors (Lipinski definition) is 1. The maximum atomic E-state index is 5.49. The van der Waals surface area contributed by atoms with Gasteiger partial charge in [-0.05, 0) is 32.4 Å². The maximum Gasteiger partial charge on any atom is 0.141 e. The Balaban J connectivity index is 2.43. The van der Waals surface area contributed by atoms with Gasteiger partial charge in [0.1, 0.15) is 5.82 Å². The molecular formula is C11H20N4S. The number of hydrogen-bond acceptors (Lipinski definition) is 5. The lowest BCUT2D eigenvalue weighted by atomic mass is 10.2. The minimum Gasteiger partial charge on any atom is -0.382 e. The molecule has 2 N–H and O–H groups in total. The normalized spacial score (nSPS) is 13.0. The van der Waals surface area contributed by atoms with E-state index in [9.17, 15) is 0 Å². The predicted octanol–water partition coefficient (Wildman–Crippen LogP) is 1.63. The van der Waals surface area contributed by atoms with Crippen molar-refractivity contribution < 1.29 is 0 Å². The Bertz CT molecular complexity index is 301. The highest BCUT2D eigenvalue weighted by atomic mass is 32.2. The van der Waals surface area contributed by atoms with Crippen LogP contribution in [0.4, 0.5) is 5.82 Å². The zero-order chi connectivity index (χ0) is 12.0. The third kappa shape index (κ3) is 4.37. The van der Waals surface area contributed by atoms with Crippen LogP contribution in [0.5, 0.6) is 0 Å². The van der Waals surface area contributed by atoms with Crippen molar-refractivity contribution in [3.63, 3.8) is 0 Å². The lowest BCUT2D eigenvalue weighted by molar-refractivity contribution is 0.242. The SMILES string of the molecule is CSCCC(C)N(C)Cc1cnc(N)cn1. The summed E-state index contributed by atoms with van der Waals surface area (Å²) in [5.74, 6) is 1.67. The van der Waals surface area contributed by atoms with E-state index in [0.717, 1.165) is 12.2 Å². The molecule has 1 rings (SSSR count). The fourth-order valence-electron chi connectivity index (χ4n) is 1.37. The van der Waals surface area contributed by atoms with Crippen LogP contribution in [0.2, 0.25) is 0 Å². The van der Waals surface area contributed by atoms with Crippen molar-refractivity contribution in [2.45, 2.75) is 25.9 Å². The molecule has 1 unspecified atom stereocenters. The van der Waals surface area contributed by atoms with E-state index in [0.29, 0.717) is 11.9 Å². The average Bonchev–Trinajstić information content (AvgIpc) is 2.29. The minimum absolute atomic E-state index is 0.474. The number of nitrogen functional groups attached to an aromatic ring is 1. The van der Waals surface area contributed by atoms with Gasteiger partial charge in [0, 0.05) is 12.6 Å². The van der Waals surface area contributed by atoms with Gasteiger partial charge in [-0.15, -0.1) is 0 Å². The molecule has 90 valence electrons. The second-order valence-corrected chi connectivity index (χ2v) is 4.96. The Morgan fingerprint density at radius 3 is 2.75 bits per heavy atom. The van der Waals surface area contributed by atoms with E-state index >= 15 is 0 Å². The Morgan fingerprint density at radius 1 is 1.44 bits per heavy atom. The number of nitrogens with two attached hydrogens (primary N) is 1. The highest BCUT2D eigenvalue weighted by molar-refractivity contribution is 7.98. The Morgan fingerprint density at radius 2 is 2.19 bits per heavy atom. The molecule has 1 aromatic rings. The first kappa shape index (κ1) is 13.3. The number of rotatable bonds is 6. The molecule has 0 fully saturated rings. The Hall–Kier alpha value is -0.810. The molecule has 0 radical (unpaired) electrons. The predicted molar refractivity (Wildman–Crippen MR) is 70.4 cm³/mol. The highest BCUT2D eigenvalue weighted by Gasteiger charge is 2.09. The van der Waals surface area contributed by atoms with Gasteiger partial charge in [0.05, 0.1) is 18.1 Å². The van der Waals surface area contributed by atoms with Gasteiger partial charge < -0.3 is 5.73 Å². The number of aromatic nitrogens is 2. The quantitative estimate of drug-likeness (QED) is 0.819. The van der Waals surface area contributed by atoms with Gasteiger partial charge in [0.25, 0.3) is 0 Å². The summed E-state index contributed by atoms with van der Waals surface area (Å²) in [6.45, 7) is 3.06. The van der Waals surface area contributed by atoms with Crippen molar-refractivity contribution >= 4 is 17.6 Å². The zero-order valence-electron chi connectivity index (χ0n) is 10.2. The summed E-state index contributed by atoms with van der Waals surface area (Å²) in [5.41, 5.74) is 6.46. The van der Waals surface area contributed by atoms with Gasteiger partial charge in [0.15, 0.2) is 0 Å². The van der Waals surface area contributed by atoms with E-state index in [1.54, 1.807) is 12.4 Å². The van der Waals surface area contributed by atoms with E-state index in [2.05, 4.69) is 35.1 Å². The molecule has 1 heterocycles. The van der Waals surface area contributed by atoms with Crippen LogP contribution < -0.4 is 5.73 Å². The fourth-order valence-corrected chi connectivity index (χ4v) is 1.94. The summed E-state index contributed by atoms with van der Waals surface area (Å²) < 4.78 is 0. The molecule has 0 saturated heterocycles. The molecule has 0 aliphatic rings. The van der Waals surface area contributed by atoms with E-state index < -0.39 is 0 Å². The molecule has 0 aliphatic heterocycles.